The van der Waals surface area contributed by atoms with Crippen LogP contribution in [0.4, 0.5) is 4.39 Å². The van der Waals surface area contributed by atoms with E-state index in [9.17, 15) is 14.0 Å². The smallest absolute Gasteiger partial charge is 0.196 e. The first-order chi connectivity index (χ1) is 12.5. The molecule has 3 aromatic rings. The van der Waals surface area contributed by atoms with E-state index in [1.165, 1.54) is 35.1 Å². The molecule has 0 radical (unpaired) electrons. The van der Waals surface area contributed by atoms with Gasteiger partial charge in [0.1, 0.15) is 5.82 Å². The summed E-state index contributed by atoms with van der Waals surface area (Å²) in [6.07, 6.45) is 2.07. The molecule has 0 aliphatic rings. The van der Waals surface area contributed by atoms with Crippen molar-refractivity contribution in [3.63, 3.8) is 0 Å². The molecule has 0 aliphatic heterocycles. The third kappa shape index (κ3) is 3.63. The largest absolute Gasteiger partial charge is 0.298 e. The molecule has 0 unspecified atom stereocenters. The van der Waals surface area contributed by atoms with Crippen molar-refractivity contribution in [2.75, 3.05) is 0 Å². The molecule has 0 saturated heterocycles. The summed E-state index contributed by atoms with van der Waals surface area (Å²) >= 11 is 6.03. The normalized spacial score (nSPS) is 9.96. The molecule has 6 heteroatoms. The fourth-order valence-electron chi connectivity index (χ4n) is 2.57. The molecular formula is C20H16ClFN2O2. The fraction of sp³-hybridized carbons (Fsp3) is 0.0500. The van der Waals surface area contributed by atoms with Crippen molar-refractivity contribution >= 4 is 23.7 Å². The Labute approximate surface area is 155 Å². The standard InChI is InChI=1S/C18H12ClFN2O2.C2H4/c1-22-17(11(10-23)9-21-22)13-7-6-12(19)8-15(13)18(24)14-4-2-3-5-16(14)20;1-2/h2-10H,1H3;1-2H2. The van der Waals surface area contributed by atoms with E-state index in [1.54, 1.807) is 25.2 Å². The number of benzene rings is 2. The van der Waals surface area contributed by atoms with E-state index in [-0.39, 0.29) is 11.1 Å². The Morgan fingerprint density at radius 1 is 1.19 bits per heavy atom. The van der Waals surface area contributed by atoms with Gasteiger partial charge in [-0.1, -0.05) is 29.8 Å². The third-order valence-corrected chi connectivity index (χ3v) is 3.93. The third-order valence-electron chi connectivity index (χ3n) is 3.69. The molecule has 1 aromatic heterocycles. The van der Waals surface area contributed by atoms with Crippen LogP contribution < -0.4 is 0 Å². The molecule has 0 amide bonds. The zero-order valence-electron chi connectivity index (χ0n) is 14.1. The molecule has 26 heavy (non-hydrogen) atoms. The maximum atomic E-state index is 14.0. The maximum Gasteiger partial charge on any atom is 0.196 e. The maximum absolute atomic E-state index is 14.0. The SMILES string of the molecule is C=C.Cn1ncc(C=O)c1-c1ccc(Cl)cc1C(=O)c1ccccc1F. The average molecular weight is 371 g/mol. The molecule has 0 spiro atoms. The number of aromatic nitrogens is 2. The van der Waals surface area contributed by atoms with Gasteiger partial charge in [0.25, 0.3) is 0 Å². The first-order valence-corrected chi connectivity index (χ1v) is 7.97. The van der Waals surface area contributed by atoms with Crippen LogP contribution in [0.1, 0.15) is 26.3 Å². The highest BCUT2D eigenvalue weighted by Gasteiger charge is 2.21. The van der Waals surface area contributed by atoms with Crippen LogP contribution in [0.3, 0.4) is 0 Å². The van der Waals surface area contributed by atoms with Gasteiger partial charge in [-0.3, -0.25) is 14.3 Å². The summed E-state index contributed by atoms with van der Waals surface area (Å²) < 4.78 is 15.5. The van der Waals surface area contributed by atoms with E-state index >= 15 is 0 Å². The average Bonchev–Trinajstić information content (AvgIpc) is 3.04. The van der Waals surface area contributed by atoms with Gasteiger partial charge in [0.05, 0.1) is 23.0 Å². The van der Waals surface area contributed by atoms with E-state index in [4.69, 9.17) is 11.6 Å². The molecule has 0 fully saturated rings. The number of aryl methyl sites for hydroxylation is 1. The minimum Gasteiger partial charge on any atom is -0.298 e. The minimum absolute atomic E-state index is 0.0594. The summed E-state index contributed by atoms with van der Waals surface area (Å²) in [5.74, 6) is -1.13. The number of hydrogen-bond acceptors (Lipinski definition) is 3. The predicted molar refractivity (Wildman–Crippen MR) is 100 cm³/mol. The number of aldehydes is 1. The number of carbonyl (C=O) groups excluding carboxylic acids is 2. The Balaban J connectivity index is 0.00000117. The second kappa shape index (κ2) is 8.36. The lowest BCUT2D eigenvalue weighted by molar-refractivity contribution is 0.103. The van der Waals surface area contributed by atoms with Crippen LogP contribution in [0, 0.1) is 5.82 Å². The van der Waals surface area contributed by atoms with Crippen molar-refractivity contribution in [3.05, 3.63) is 89.3 Å². The van der Waals surface area contributed by atoms with Crippen molar-refractivity contribution < 1.29 is 14.0 Å². The van der Waals surface area contributed by atoms with Crippen LogP contribution in [0.25, 0.3) is 11.3 Å². The van der Waals surface area contributed by atoms with Crippen molar-refractivity contribution in [3.8, 4) is 11.3 Å². The quantitative estimate of drug-likeness (QED) is 0.379. The molecule has 2 aromatic carbocycles. The Hall–Kier alpha value is -3.05. The summed E-state index contributed by atoms with van der Waals surface area (Å²) in [5, 5.41) is 4.38. The molecule has 1 heterocycles. The second-order valence-electron chi connectivity index (χ2n) is 5.19. The molecule has 132 valence electrons. The summed E-state index contributed by atoms with van der Waals surface area (Å²) in [4.78, 5) is 24.1. The number of nitrogens with zero attached hydrogens (tertiary/aromatic N) is 2. The van der Waals surface area contributed by atoms with E-state index in [0.29, 0.717) is 28.1 Å². The summed E-state index contributed by atoms with van der Waals surface area (Å²) in [6, 6.07) is 10.4. The van der Waals surface area contributed by atoms with Gasteiger partial charge in [-0.25, -0.2) is 4.39 Å². The Morgan fingerprint density at radius 2 is 1.88 bits per heavy atom. The van der Waals surface area contributed by atoms with Gasteiger partial charge in [-0.05, 0) is 24.3 Å². The van der Waals surface area contributed by atoms with E-state index in [1.807, 2.05) is 0 Å². The van der Waals surface area contributed by atoms with Crippen LogP contribution in [-0.2, 0) is 7.05 Å². The summed E-state index contributed by atoms with van der Waals surface area (Å²) in [5.41, 5.74) is 1.42. The monoisotopic (exact) mass is 370 g/mol. The molecule has 0 atom stereocenters. The number of hydrogen-bond donors (Lipinski definition) is 0. The number of rotatable bonds is 4. The van der Waals surface area contributed by atoms with Crippen molar-refractivity contribution in [1.82, 2.24) is 9.78 Å². The van der Waals surface area contributed by atoms with E-state index < -0.39 is 11.6 Å². The Bertz CT molecular complexity index is 966. The fourth-order valence-corrected chi connectivity index (χ4v) is 2.74. The first-order valence-electron chi connectivity index (χ1n) is 7.59. The van der Waals surface area contributed by atoms with Crippen LogP contribution >= 0.6 is 11.6 Å². The van der Waals surface area contributed by atoms with Gasteiger partial charge in [0.15, 0.2) is 12.1 Å². The number of halogens is 2. The molecule has 0 aliphatic carbocycles. The van der Waals surface area contributed by atoms with Crippen LogP contribution in [0.2, 0.25) is 5.02 Å². The molecule has 3 rings (SSSR count). The number of ketones is 1. The Kier molecular flexibility index (Phi) is 6.20. The number of carbonyl (C=O) groups is 2. The Morgan fingerprint density at radius 3 is 2.54 bits per heavy atom. The molecule has 0 bridgehead atoms. The van der Waals surface area contributed by atoms with Gasteiger partial charge in [-0.2, -0.15) is 5.10 Å². The summed E-state index contributed by atoms with van der Waals surface area (Å²) in [6.45, 7) is 6.00. The van der Waals surface area contributed by atoms with E-state index in [0.717, 1.165) is 0 Å². The lowest BCUT2D eigenvalue weighted by Crippen LogP contribution is -2.08. The highest BCUT2D eigenvalue weighted by atomic mass is 35.5. The van der Waals surface area contributed by atoms with Gasteiger partial charge >= 0.3 is 0 Å². The van der Waals surface area contributed by atoms with Crippen molar-refractivity contribution in [2.45, 2.75) is 0 Å². The highest BCUT2D eigenvalue weighted by molar-refractivity contribution is 6.31. The van der Waals surface area contributed by atoms with Gasteiger partial charge < -0.3 is 0 Å². The van der Waals surface area contributed by atoms with Gasteiger partial charge in [0, 0.05) is 23.2 Å². The molecule has 0 saturated carbocycles. The topological polar surface area (TPSA) is 52.0 Å². The molecular weight excluding hydrogens is 355 g/mol. The molecule has 0 N–H and O–H groups in total. The minimum atomic E-state index is -0.617. The lowest BCUT2D eigenvalue weighted by Gasteiger charge is -2.11. The predicted octanol–water partition coefficient (Wildman–Crippen LogP) is 4.73. The zero-order chi connectivity index (χ0) is 19.3. The van der Waals surface area contributed by atoms with E-state index in [2.05, 4.69) is 18.3 Å². The van der Waals surface area contributed by atoms with Crippen LogP contribution in [0.15, 0.2) is 61.8 Å². The van der Waals surface area contributed by atoms with Crippen LogP contribution in [0.5, 0.6) is 0 Å². The molecule has 4 nitrogen and oxygen atoms in total. The van der Waals surface area contributed by atoms with Crippen molar-refractivity contribution in [1.29, 1.82) is 0 Å². The van der Waals surface area contributed by atoms with Crippen LogP contribution in [-0.4, -0.2) is 21.8 Å². The van der Waals surface area contributed by atoms with Gasteiger partial charge in [0.2, 0.25) is 0 Å². The first kappa shape index (κ1) is 19.3. The highest BCUT2D eigenvalue weighted by Crippen LogP contribution is 2.30. The zero-order valence-corrected chi connectivity index (χ0v) is 14.8. The lowest BCUT2D eigenvalue weighted by atomic mass is 9.95. The van der Waals surface area contributed by atoms with Crippen molar-refractivity contribution in [2.24, 2.45) is 7.05 Å². The van der Waals surface area contributed by atoms with Gasteiger partial charge in [-0.15, -0.1) is 13.2 Å². The summed E-state index contributed by atoms with van der Waals surface area (Å²) in [7, 11) is 1.66. The second-order valence-corrected chi connectivity index (χ2v) is 5.63.